The van der Waals surface area contributed by atoms with Gasteiger partial charge in [0.25, 0.3) is 0 Å². The van der Waals surface area contributed by atoms with Crippen LogP contribution in [0.3, 0.4) is 0 Å². The predicted molar refractivity (Wildman–Crippen MR) is 329 cm³/mol. The summed E-state index contributed by atoms with van der Waals surface area (Å²) in [6.07, 6.45) is 0. The minimum Gasteiger partial charge on any atom is -0.309 e. The Morgan fingerprint density at radius 1 is 0.218 bits per heavy atom. The third kappa shape index (κ3) is 5.85. The lowest BCUT2D eigenvalue weighted by atomic mass is 9.70. The van der Waals surface area contributed by atoms with Gasteiger partial charge in [-0.15, -0.1) is 0 Å². The van der Waals surface area contributed by atoms with E-state index in [1.54, 1.807) is 0 Å². The van der Waals surface area contributed by atoms with Gasteiger partial charge in [0.2, 0.25) is 0 Å². The second kappa shape index (κ2) is 16.5. The lowest BCUT2D eigenvalue weighted by Gasteiger charge is -2.30. The molecule has 1 heterocycles. The summed E-state index contributed by atoms with van der Waals surface area (Å²) in [6, 6.07) is 107. The molecule has 0 saturated heterocycles. The Labute approximate surface area is 452 Å². The van der Waals surface area contributed by atoms with Crippen LogP contribution < -0.4 is 0 Å². The first kappa shape index (κ1) is 43.2. The summed E-state index contributed by atoms with van der Waals surface area (Å²) in [4.78, 5) is 0. The second-order valence-electron chi connectivity index (χ2n) is 21.3. The standard InChI is InChI=1S/C77H47N/c1-3-21-49(22-4-1)73-61-32-11-13-34-63(61)74(64-35-14-12-33-62(64)73)50-41-39-48(40-42-50)65-46-71-75(59-30-9-7-25-53(59)65)76-60-31-10-8-26-54(60)66(47-72(76)78(71)52-23-5-2-6-24-52)51-43-44-58-57-29-17-20-38-69(57)77(70(58)45-51)67-36-18-15-27-55(67)56-28-16-19-37-68(56)77/h1-47H. The zero-order chi connectivity index (χ0) is 51.1. The van der Waals surface area contributed by atoms with E-state index in [-0.39, 0.29) is 0 Å². The van der Waals surface area contributed by atoms with Crippen LogP contribution in [0.2, 0.25) is 0 Å². The van der Waals surface area contributed by atoms with E-state index in [4.69, 9.17) is 0 Å². The van der Waals surface area contributed by atoms with Crippen molar-refractivity contribution in [3.05, 3.63) is 307 Å². The van der Waals surface area contributed by atoms with Crippen molar-refractivity contribution in [3.63, 3.8) is 0 Å². The molecule has 0 N–H and O–H groups in total. The molecule has 0 bridgehead atoms. The van der Waals surface area contributed by atoms with Crippen molar-refractivity contribution in [2.45, 2.75) is 5.41 Å². The molecule has 78 heavy (non-hydrogen) atoms. The van der Waals surface area contributed by atoms with E-state index in [0.717, 1.165) is 5.69 Å². The monoisotopic (exact) mass is 985 g/mol. The normalized spacial score (nSPS) is 13.0. The van der Waals surface area contributed by atoms with Crippen molar-refractivity contribution in [2.75, 3.05) is 0 Å². The first-order valence-electron chi connectivity index (χ1n) is 27.2. The number of rotatable bonds is 5. The zero-order valence-corrected chi connectivity index (χ0v) is 42.6. The lowest BCUT2D eigenvalue weighted by molar-refractivity contribution is 0.794. The number of fused-ring (bicyclic) bond motifs is 19. The number of para-hydroxylation sites is 1. The summed E-state index contributed by atoms with van der Waals surface area (Å²) < 4.78 is 2.53. The van der Waals surface area contributed by atoms with Crippen molar-refractivity contribution in [2.24, 2.45) is 0 Å². The molecule has 1 heteroatoms. The largest absolute Gasteiger partial charge is 0.309 e. The molecule has 15 aromatic rings. The molecule has 0 fully saturated rings. The Kier molecular flexibility index (Phi) is 9.11. The Bertz CT molecular complexity index is 4880. The molecule has 0 aliphatic heterocycles. The summed E-state index contributed by atoms with van der Waals surface area (Å²) in [5, 5.41) is 12.6. The maximum atomic E-state index is 2.54. The molecule has 2 aliphatic rings. The van der Waals surface area contributed by atoms with E-state index in [2.05, 4.69) is 290 Å². The van der Waals surface area contributed by atoms with Gasteiger partial charge in [-0.3, -0.25) is 0 Å². The van der Waals surface area contributed by atoms with Gasteiger partial charge in [-0.2, -0.15) is 0 Å². The van der Waals surface area contributed by atoms with Gasteiger partial charge in [-0.25, -0.2) is 0 Å². The van der Waals surface area contributed by atoms with Crippen LogP contribution in [0, 0.1) is 0 Å². The Hall–Kier alpha value is -10.1. The molecular weight excluding hydrogens is 939 g/mol. The van der Waals surface area contributed by atoms with E-state index in [0.29, 0.717) is 0 Å². The van der Waals surface area contributed by atoms with Gasteiger partial charge in [0.05, 0.1) is 16.4 Å². The summed E-state index contributed by atoms with van der Waals surface area (Å²) in [5.41, 5.74) is 23.6. The van der Waals surface area contributed by atoms with Crippen molar-refractivity contribution in [3.8, 4) is 72.4 Å². The van der Waals surface area contributed by atoms with Gasteiger partial charge < -0.3 is 4.57 Å². The molecule has 360 valence electrons. The molecule has 1 nitrogen and oxygen atoms in total. The van der Waals surface area contributed by atoms with E-state index >= 15 is 0 Å². The quantitative estimate of drug-likeness (QED) is 0.151. The maximum absolute atomic E-state index is 2.54. The third-order valence-corrected chi connectivity index (χ3v) is 17.6. The van der Waals surface area contributed by atoms with Crippen molar-refractivity contribution in [1.29, 1.82) is 0 Å². The summed E-state index contributed by atoms with van der Waals surface area (Å²) >= 11 is 0. The van der Waals surface area contributed by atoms with E-state index in [9.17, 15) is 0 Å². The van der Waals surface area contributed by atoms with Gasteiger partial charge in [0.15, 0.2) is 0 Å². The Morgan fingerprint density at radius 2 is 0.564 bits per heavy atom. The van der Waals surface area contributed by atoms with Gasteiger partial charge in [0.1, 0.15) is 0 Å². The minimum absolute atomic E-state index is 0.434. The lowest BCUT2D eigenvalue weighted by Crippen LogP contribution is -2.25. The van der Waals surface area contributed by atoms with Crippen LogP contribution in [0.15, 0.2) is 285 Å². The molecule has 0 radical (unpaired) electrons. The van der Waals surface area contributed by atoms with Crippen LogP contribution in [0.4, 0.5) is 0 Å². The SMILES string of the molecule is c1ccc(-c2c3ccccc3c(-c3ccc(-c4cc5c(c6ccccc46)c4c6ccccc6c(-c6ccc7c(c6)C6(c8ccccc8-c8ccccc86)c6ccccc6-7)cc4n5-c4ccccc4)cc3)c3ccccc23)cc1. The molecular formula is C77H47N. The fraction of sp³-hybridized carbons (Fsp3) is 0.0130. The van der Waals surface area contributed by atoms with Crippen molar-refractivity contribution < 1.29 is 0 Å². The number of benzene rings is 14. The number of aromatic nitrogens is 1. The predicted octanol–water partition coefficient (Wildman–Crippen LogP) is 20.4. The summed E-state index contributed by atoms with van der Waals surface area (Å²) in [7, 11) is 0. The molecule has 1 aromatic heterocycles. The average molecular weight is 986 g/mol. The number of hydrogen-bond acceptors (Lipinski definition) is 0. The molecule has 14 aromatic carbocycles. The highest BCUT2D eigenvalue weighted by Gasteiger charge is 2.51. The summed E-state index contributed by atoms with van der Waals surface area (Å²) in [5.74, 6) is 0. The van der Waals surface area contributed by atoms with Crippen molar-refractivity contribution in [1.82, 2.24) is 4.57 Å². The van der Waals surface area contributed by atoms with Crippen LogP contribution in [-0.4, -0.2) is 4.57 Å². The molecule has 2 aliphatic carbocycles. The highest BCUT2D eigenvalue weighted by Crippen LogP contribution is 2.63. The van der Waals surface area contributed by atoms with E-state index < -0.39 is 5.41 Å². The highest BCUT2D eigenvalue weighted by molar-refractivity contribution is 6.32. The summed E-state index contributed by atoms with van der Waals surface area (Å²) in [6.45, 7) is 0. The average Bonchev–Trinajstić information content (AvgIpc) is 4.33. The fourth-order valence-electron chi connectivity index (χ4n) is 14.5. The molecule has 0 unspecified atom stereocenters. The van der Waals surface area contributed by atoms with Crippen LogP contribution in [-0.2, 0) is 5.41 Å². The molecule has 0 saturated carbocycles. The van der Waals surface area contributed by atoms with Gasteiger partial charge in [0, 0.05) is 16.5 Å². The smallest absolute Gasteiger partial charge is 0.0725 e. The van der Waals surface area contributed by atoms with Crippen LogP contribution in [0.5, 0.6) is 0 Å². The van der Waals surface area contributed by atoms with Crippen LogP contribution >= 0.6 is 0 Å². The zero-order valence-electron chi connectivity index (χ0n) is 42.6. The number of nitrogens with zero attached hydrogens (tertiary/aromatic N) is 1. The topological polar surface area (TPSA) is 4.93 Å². The van der Waals surface area contributed by atoms with Crippen LogP contribution in [0.25, 0.3) is 137 Å². The Morgan fingerprint density at radius 3 is 1.05 bits per heavy atom. The van der Waals surface area contributed by atoms with E-state index in [1.165, 1.54) is 154 Å². The number of hydrogen-bond donors (Lipinski definition) is 0. The van der Waals surface area contributed by atoms with Crippen molar-refractivity contribution >= 4 is 64.9 Å². The second-order valence-corrected chi connectivity index (χ2v) is 21.3. The van der Waals surface area contributed by atoms with Gasteiger partial charge in [-0.1, -0.05) is 255 Å². The van der Waals surface area contributed by atoms with Gasteiger partial charge in [-0.05, 0) is 162 Å². The first-order valence-corrected chi connectivity index (χ1v) is 27.2. The third-order valence-electron chi connectivity index (χ3n) is 17.6. The van der Waals surface area contributed by atoms with E-state index in [1.807, 2.05) is 0 Å². The first-order chi connectivity index (χ1) is 38.7. The van der Waals surface area contributed by atoms with Crippen LogP contribution in [0.1, 0.15) is 22.3 Å². The minimum atomic E-state index is -0.434. The molecule has 0 amide bonds. The molecule has 1 spiro atoms. The maximum Gasteiger partial charge on any atom is 0.0725 e. The highest BCUT2D eigenvalue weighted by atomic mass is 15.0. The fourth-order valence-corrected chi connectivity index (χ4v) is 14.5. The Balaban J connectivity index is 0.897. The molecule has 17 rings (SSSR count). The van der Waals surface area contributed by atoms with Gasteiger partial charge >= 0.3 is 0 Å². The molecule has 0 atom stereocenters.